The van der Waals surface area contributed by atoms with Crippen LogP contribution >= 0.6 is 12.4 Å². The predicted octanol–water partition coefficient (Wildman–Crippen LogP) is 3.43. The third-order valence-electron chi connectivity index (χ3n) is 3.39. The molecule has 144 valence electrons. The maximum absolute atomic E-state index is 12.4. The van der Waals surface area contributed by atoms with Crippen LogP contribution in [-0.2, 0) is 13.1 Å². The van der Waals surface area contributed by atoms with E-state index >= 15 is 0 Å². The van der Waals surface area contributed by atoms with Gasteiger partial charge in [-0.15, -0.1) is 12.4 Å². The Morgan fingerprint density at radius 2 is 2.04 bits per heavy atom. The van der Waals surface area contributed by atoms with Crippen molar-refractivity contribution in [3.05, 3.63) is 47.4 Å². The molecule has 0 radical (unpaired) electrons. The first kappa shape index (κ1) is 21.7. The lowest BCUT2D eigenvalue weighted by Crippen LogP contribution is -2.25. The second-order valence-corrected chi connectivity index (χ2v) is 5.26. The highest BCUT2D eigenvalue weighted by Crippen LogP contribution is 2.30. The topological polar surface area (TPSA) is 77.9 Å². The molecule has 2 aromatic rings. The molecule has 0 aliphatic carbocycles. The van der Waals surface area contributed by atoms with Crippen LogP contribution in [0.1, 0.15) is 28.6 Å². The minimum atomic E-state index is -2.94. The van der Waals surface area contributed by atoms with Gasteiger partial charge in [0.1, 0.15) is 12.0 Å². The molecule has 1 heterocycles. The van der Waals surface area contributed by atoms with Crippen molar-refractivity contribution in [2.24, 2.45) is 5.73 Å². The molecule has 2 rings (SSSR count). The number of carbonyl (C=O) groups excluding carboxylic acids is 1. The fourth-order valence-corrected chi connectivity index (χ4v) is 2.28. The van der Waals surface area contributed by atoms with E-state index in [1.807, 2.05) is 0 Å². The minimum absolute atomic E-state index is 0. The molecule has 0 bridgehead atoms. The van der Waals surface area contributed by atoms with Crippen LogP contribution < -0.4 is 15.2 Å². The summed E-state index contributed by atoms with van der Waals surface area (Å²) in [4.78, 5) is 13.8. The average molecular weight is 391 g/mol. The number of halogens is 3. The van der Waals surface area contributed by atoms with Crippen LogP contribution in [0.5, 0.6) is 11.5 Å². The summed E-state index contributed by atoms with van der Waals surface area (Å²) in [6, 6.07) is 6.16. The van der Waals surface area contributed by atoms with Crippen molar-refractivity contribution in [2.45, 2.75) is 26.6 Å². The number of alkyl halides is 2. The Morgan fingerprint density at radius 1 is 1.31 bits per heavy atom. The number of benzene rings is 1. The molecule has 0 aliphatic rings. The van der Waals surface area contributed by atoms with E-state index in [4.69, 9.17) is 14.9 Å². The summed E-state index contributed by atoms with van der Waals surface area (Å²) in [5, 5.41) is 0. The molecule has 0 spiro atoms. The van der Waals surface area contributed by atoms with Crippen molar-refractivity contribution >= 4 is 18.3 Å². The summed E-state index contributed by atoms with van der Waals surface area (Å²) >= 11 is 0. The largest absolute Gasteiger partial charge is 0.490 e. The Kier molecular flexibility index (Phi) is 8.34. The number of ether oxygens (including phenoxy) is 2. The first-order chi connectivity index (χ1) is 11.9. The van der Waals surface area contributed by atoms with Gasteiger partial charge in [-0.2, -0.15) is 8.78 Å². The second kappa shape index (κ2) is 9.98. The Bertz CT molecular complexity index is 725. The van der Waals surface area contributed by atoms with Crippen molar-refractivity contribution in [2.75, 3.05) is 13.7 Å². The summed E-state index contributed by atoms with van der Waals surface area (Å²) in [5.41, 5.74) is 6.56. The molecule has 0 fully saturated rings. The fraction of sp³-hybridized carbons (Fsp3) is 0.353. The van der Waals surface area contributed by atoms with Crippen LogP contribution in [0.15, 0.2) is 34.9 Å². The van der Waals surface area contributed by atoms with E-state index in [0.29, 0.717) is 23.5 Å². The number of furan rings is 1. The van der Waals surface area contributed by atoms with Crippen LogP contribution in [0, 0.1) is 0 Å². The maximum Gasteiger partial charge on any atom is 0.387 e. The molecule has 0 atom stereocenters. The average Bonchev–Trinajstić information content (AvgIpc) is 3.05. The lowest BCUT2D eigenvalue weighted by molar-refractivity contribution is -0.0514. The number of nitrogens with two attached hydrogens (primary N) is 1. The number of amides is 1. The smallest absolute Gasteiger partial charge is 0.387 e. The van der Waals surface area contributed by atoms with Gasteiger partial charge in [-0.25, -0.2) is 0 Å². The van der Waals surface area contributed by atoms with E-state index in [2.05, 4.69) is 4.74 Å². The number of hydrogen-bond donors (Lipinski definition) is 1. The van der Waals surface area contributed by atoms with Gasteiger partial charge in [0.2, 0.25) is 0 Å². The molecule has 6 nitrogen and oxygen atoms in total. The lowest BCUT2D eigenvalue weighted by Gasteiger charge is -2.18. The van der Waals surface area contributed by atoms with Crippen molar-refractivity contribution in [3.63, 3.8) is 0 Å². The molecule has 0 saturated carbocycles. The van der Waals surface area contributed by atoms with E-state index in [-0.39, 0.29) is 42.9 Å². The van der Waals surface area contributed by atoms with E-state index in [0.717, 1.165) is 0 Å². The summed E-state index contributed by atoms with van der Waals surface area (Å²) < 4.78 is 39.8. The molecule has 0 unspecified atom stereocenters. The predicted molar refractivity (Wildman–Crippen MR) is 93.9 cm³/mol. The Labute approximate surface area is 156 Å². The first-order valence-electron chi connectivity index (χ1n) is 7.68. The van der Waals surface area contributed by atoms with Gasteiger partial charge in [0.05, 0.1) is 18.7 Å². The zero-order chi connectivity index (χ0) is 18.4. The highest BCUT2D eigenvalue weighted by atomic mass is 35.5. The van der Waals surface area contributed by atoms with Crippen LogP contribution in [0.3, 0.4) is 0 Å². The van der Waals surface area contributed by atoms with Crippen LogP contribution in [0.4, 0.5) is 8.78 Å². The number of carbonyl (C=O) groups is 1. The molecule has 1 amide bonds. The highest BCUT2D eigenvalue weighted by molar-refractivity contribution is 5.93. The normalized spacial score (nSPS) is 10.4. The second-order valence-electron chi connectivity index (χ2n) is 5.26. The van der Waals surface area contributed by atoms with Gasteiger partial charge in [0.25, 0.3) is 5.91 Å². The summed E-state index contributed by atoms with van der Waals surface area (Å²) in [5.74, 6) is 0.435. The maximum atomic E-state index is 12.4. The molecule has 26 heavy (non-hydrogen) atoms. The molecule has 0 aliphatic heterocycles. The quantitative estimate of drug-likeness (QED) is 0.747. The summed E-state index contributed by atoms with van der Waals surface area (Å²) in [6.07, 6.45) is 1.35. The molecular formula is C17H21ClF2N2O4. The third-order valence-corrected chi connectivity index (χ3v) is 3.39. The highest BCUT2D eigenvalue weighted by Gasteiger charge is 2.17. The van der Waals surface area contributed by atoms with Crippen molar-refractivity contribution in [1.29, 1.82) is 0 Å². The Balaban J connectivity index is 0.00000338. The fourth-order valence-electron chi connectivity index (χ4n) is 2.28. The SMILES string of the molecule is CCOc1cc(CN(C)C(=O)c2coc(CN)c2)ccc1OC(F)F.Cl. The number of nitrogens with zero attached hydrogens (tertiary/aromatic N) is 1. The minimum Gasteiger partial charge on any atom is -0.490 e. The van der Waals surface area contributed by atoms with Gasteiger partial charge in [0, 0.05) is 13.6 Å². The lowest BCUT2D eigenvalue weighted by atomic mass is 10.1. The number of hydrogen-bond acceptors (Lipinski definition) is 5. The molecule has 1 aromatic heterocycles. The third kappa shape index (κ3) is 5.60. The zero-order valence-corrected chi connectivity index (χ0v) is 15.2. The van der Waals surface area contributed by atoms with Gasteiger partial charge in [-0.3, -0.25) is 4.79 Å². The Hall–Kier alpha value is -2.32. The molecule has 1 aromatic carbocycles. The van der Waals surface area contributed by atoms with Gasteiger partial charge in [-0.05, 0) is 30.7 Å². The van der Waals surface area contributed by atoms with Crippen molar-refractivity contribution in [1.82, 2.24) is 4.90 Å². The van der Waals surface area contributed by atoms with E-state index in [9.17, 15) is 13.6 Å². The standard InChI is InChI=1S/C17H20F2N2O4.ClH/c1-3-23-15-6-11(4-5-14(15)25-17(18)19)9-21(2)16(22)12-7-13(8-20)24-10-12;/h4-7,10,17H,3,8-9,20H2,1-2H3;1H. The first-order valence-corrected chi connectivity index (χ1v) is 7.68. The molecule has 0 saturated heterocycles. The zero-order valence-electron chi connectivity index (χ0n) is 14.4. The molecule has 9 heteroatoms. The van der Waals surface area contributed by atoms with Crippen molar-refractivity contribution < 1.29 is 27.5 Å². The summed E-state index contributed by atoms with van der Waals surface area (Å²) in [6.45, 7) is -0.429. The van der Waals surface area contributed by atoms with Crippen LogP contribution in [-0.4, -0.2) is 31.1 Å². The van der Waals surface area contributed by atoms with Crippen molar-refractivity contribution in [3.8, 4) is 11.5 Å². The summed E-state index contributed by atoms with van der Waals surface area (Å²) in [7, 11) is 1.63. The van der Waals surface area contributed by atoms with Gasteiger partial charge in [-0.1, -0.05) is 6.07 Å². The van der Waals surface area contributed by atoms with Crippen LogP contribution in [0.25, 0.3) is 0 Å². The van der Waals surface area contributed by atoms with Gasteiger partial charge >= 0.3 is 6.61 Å². The van der Waals surface area contributed by atoms with E-state index < -0.39 is 6.61 Å². The Morgan fingerprint density at radius 3 is 2.62 bits per heavy atom. The van der Waals surface area contributed by atoms with Crippen LogP contribution in [0.2, 0.25) is 0 Å². The monoisotopic (exact) mass is 390 g/mol. The van der Waals surface area contributed by atoms with Gasteiger partial charge < -0.3 is 24.5 Å². The van der Waals surface area contributed by atoms with Gasteiger partial charge in [0.15, 0.2) is 11.5 Å². The van der Waals surface area contributed by atoms with E-state index in [1.165, 1.54) is 17.2 Å². The van der Waals surface area contributed by atoms with E-state index in [1.54, 1.807) is 32.2 Å². The molecular weight excluding hydrogens is 370 g/mol. The molecule has 2 N–H and O–H groups in total. The number of rotatable bonds is 8.